The highest BCUT2D eigenvalue weighted by atomic mass is 127. The molecule has 1 aliphatic rings. The fourth-order valence-corrected chi connectivity index (χ4v) is 2.83. The lowest BCUT2D eigenvalue weighted by Crippen LogP contribution is -2.33. The lowest BCUT2D eigenvalue weighted by Gasteiger charge is -2.14. The van der Waals surface area contributed by atoms with Gasteiger partial charge in [0.2, 0.25) is 0 Å². The van der Waals surface area contributed by atoms with Crippen molar-refractivity contribution in [2.24, 2.45) is 10.7 Å². The Morgan fingerprint density at radius 2 is 1.83 bits per heavy atom. The number of guanidine groups is 1. The number of ether oxygens (including phenoxy) is 1. The third-order valence-electron chi connectivity index (χ3n) is 4.09. The van der Waals surface area contributed by atoms with E-state index in [2.05, 4.69) is 34.6 Å². The number of halogens is 1. The second-order valence-electron chi connectivity index (χ2n) is 5.91. The first kappa shape index (κ1) is 20.2. The molecule has 0 amide bonds. The van der Waals surface area contributed by atoms with Crippen LogP contribution >= 0.6 is 24.0 Å². The van der Waals surface area contributed by atoms with E-state index in [1.54, 1.807) is 0 Å². The van der Waals surface area contributed by atoms with E-state index in [-0.39, 0.29) is 24.0 Å². The van der Waals surface area contributed by atoms with Gasteiger partial charge in [0.15, 0.2) is 5.96 Å². The number of rotatable bonds is 7. The molecule has 2 rings (SSSR count). The molecule has 0 unspecified atom stereocenters. The molecule has 23 heavy (non-hydrogen) atoms. The molecule has 1 saturated carbocycles. The zero-order valence-electron chi connectivity index (χ0n) is 13.9. The summed E-state index contributed by atoms with van der Waals surface area (Å²) in [6, 6.07) is 10.4. The number of nitrogens with one attached hydrogen (secondary N) is 1. The maximum absolute atomic E-state index is 5.90. The molecule has 0 aliphatic heterocycles. The minimum Gasteiger partial charge on any atom is -0.376 e. The SMILES string of the molecule is I.NC(=NCCOC1CCCCCC1)NCCc1ccccc1. The molecule has 130 valence electrons. The number of aliphatic imine (C=N–C) groups is 1. The number of benzene rings is 1. The summed E-state index contributed by atoms with van der Waals surface area (Å²) in [6.45, 7) is 2.12. The van der Waals surface area contributed by atoms with Crippen molar-refractivity contribution in [1.29, 1.82) is 0 Å². The summed E-state index contributed by atoms with van der Waals surface area (Å²) < 4.78 is 5.90. The summed E-state index contributed by atoms with van der Waals surface area (Å²) in [5.41, 5.74) is 7.17. The molecular weight excluding hydrogens is 401 g/mol. The van der Waals surface area contributed by atoms with Gasteiger partial charge in [0, 0.05) is 6.54 Å². The largest absolute Gasteiger partial charge is 0.376 e. The zero-order valence-corrected chi connectivity index (χ0v) is 16.2. The van der Waals surface area contributed by atoms with Crippen molar-refractivity contribution in [1.82, 2.24) is 5.32 Å². The zero-order chi connectivity index (χ0) is 15.5. The molecule has 0 saturated heterocycles. The van der Waals surface area contributed by atoms with Crippen LogP contribution in [0.25, 0.3) is 0 Å². The molecule has 0 bridgehead atoms. The first-order valence-corrected chi connectivity index (χ1v) is 8.54. The smallest absolute Gasteiger partial charge is 0.188 e. The van der Waals surface area contributed by atoms with E-state index >= 15 is 0 Å². The summed E-state index contributed by atoms with van der Waals surface area (Å²) in [4.78, 5) is 4.32. The monoisotopic (exact) mass is 431 g/mol. The fourth-order valence-electron chi connectivity index (χ4n) is 2.83. The first-order valence-electron chi connectivity index (χ1n) is 8.54. The van der Waals surface area contributed by atoms with Crippen LogP contribution in [-0.4, -0.2) is 31.8 Å². The molecular formula is C18H30IN3O. The first-order chi connectivity index (χ1) is 10.8. The molecule has 1 aromatic carbocycles. The quantitative estimate of drug-likeness (QED) is 0.229. The van der Waals surface area contributed by atoms with E-state index < -0.39 is 0 Å². The van der Waals surface area contributed by atoms with Crippen molar-refractivity contribution < 1.29 is 4.74 Å². The van der Waals surface area contributed by atoms with Gasteiger partial charge in [-0.1, -0.05) is 56.0 Å². The number of hydrogen-bond donors (Lipinski definition) is 2. The van der Waals surface area contributed by atoms with Gasteiger partial charge in [0.05, 0.1) is 19.3 Å². The average molecular weight is 431 g/mol. The second kappa shape index (κ2) is 12.6. The lowest BCUT2D eigenvalue weighted by molar-refractivity contribution is 0.0487. The van der Waals surface area contributed by atoms with Gasteiger partial charge in [-0.05, 0) is 24.8 Å². The predicted molar refractivity (Wildman–Crippen MR) is 107 cm³/mol. The molecule has 0 spiro atoms. The van der Waals surface area contributed by atoms with Crippen LogP contribution in [0.1, 0.15) is 44.1 Å². The van der Waals surface area contributed by atoms with E-state index in [1.807, 2.05) is 6.07 Å². The molecule has 5 heteroatoms. The van der Waals surface area contributed by atoms with Gasteiger partial charge in [0.25, 0.3) is 0 Å². The van der Waals surface area contributed by atoms with Crippen LogP contribution in [-0.2, 0) is 11.2 Å². The normalized spacial score (nSPS) is 16.4. The van der Waals surface area contributed by atoms with E-state index in [1.165, 1.54) is 44.1 Å². The highest BCUT2D eigenvalue weighted by molar-refractivity contribution is 14.0. The Kier molecular flexibility index (Phi) is 11.1. The molecule has 0 atom stereocenters. The van der Waals surface area contributed by atoms with Gasteiger partial charge in [-0.25, -0.2) is 0 Å². The summed E-state index contributed by atoms with van der Waals surface area (Å²) >= 11 is 0. The Labute approximate surface area is 157 Å². The van der Waals surface area contributed by atoms with Crippen molar-refractivity contribution >= 4 is 29.9 Å². The van der Waals surface area contributed by atoms with E-state index in [9.17, 15) is 0 Å². The molecule has 1 aromatic rings. The standard InChI is InChI=1S/C18H29N3O.HI/c19-18(20-13-12-16-8-4-3-5-9-16)21-14-15-22-17-10-6-1-2-7-11-17;/h3-5,8-9,17H,1-2,6-7,10-15H2,(H3,19,20,21);1H. The van der Waals surface area contributed by atoms with Gasteiger partial charge in [-0.2, -0.15) is 0 Å². The Balaban J connectivity index is 0.00000264. The van der Waals surface area contributed by atoms with E-state index in [0.717, 1.165) is 13.0 Å². The van der Waals surface area contributed by atoms with Crippen LogP contribution in [0.5, 0.6) is 0 Å². The summed E-state index contributed by atoms with van der Waals surface area (Å²) in [6.07, 6.45) is 9.12. The Bertz CT molecular complexity index is 431. The average Bonchev–Trinajstić information content (AvgIpc) is 2.81. The maximum atomic E-state index is 5.90. The van der Waals surface area contributed by atoms with Crippen LogP contribution in [0.2, 0.25) is 0 Å². The molecule has 1 fully saturated rings. The van der Waals surface area contributed by atoms with Crippen LogP contribution < -0.4 is 11.1 Å². The third kappa shape index (κ3) is 9.15. The fraction of sp³-hybridized carbons (Fsp3) is 0.611. The highest BCUT2D eigenvalue weighted by Gasteiger charge is 2.11. The molecule has 4 nitrogen and oxygen atoms in total. The van der Waals surface area contributed by atoms with E-state index in [0.29, 0.717) is 25.2 Å². The Morgan fingerprint density at radius 3 is 2.52 bits per heavy atom. The van der Waals surface area contributed by atoms with Crippen molar-refractivity contribution in [2.75, 3.05) is 19.7 Å². The van der Waals surface area contributed by atoms with Crippen LogP contribution in [0.15, 0.2) is 35.3 Å². The highest BCUT2D eigenvalue weighted by Crippen LogP contribution is 2.19. The third-order valence-corrected chi connectivity index (χ3v) is 4.09. The van der Waals surface area contributed by atoms with Crippen LogP contribution in [0.4, 0.5) is 0 Å². The number of hydrogen-bond acceptors (Lipinski definition) is 2. The van der Waals surface area contributed by atoms with Crippen molar-refractivity contribution in [3.8, 4) is 0 Å². The Morgan fingerprint density at radius 1 is 1.13 bits per heavy atom. The molecule has 0 aromatic heterocycles. The van der Waals surface area contributed by atoms with Crippen LogP contribution in [0.3, 0.4) is 0 Å². The molecule has 0 radical (unpaired) electrons. The van der Waals surface area contributed by atoms with Gasteiger partial charge in [0.1, 0.15) is 0 Å². The van der Waals surface area contributed by atoms with Crippen molar-refractivity contribution in [3.05, 3.63) is 35.9 Å². The van der Waals surface area contributed by atoms with Gasteiger partial charge in [-0.15, -0.1) is 24.0 Å². The van der Waals surface area contributed by atoms with Gasteiger partial charge < -0.3 is 15.8 Å². The predicted octanol–water partition coefficient (Wildman–Crippen LogP) is 3.49. The molecule has 3 N–H and O–H groups in total. The molecule has 0 heterocycles. The summed E-state index contributed by atoms with van der Waals surface area (Å²) in [7, 11) is 0. The number of nitrogens with two attached hydrogens (primary N) is 1. The van der Waals surface area contributed by atoms with Crippen molar-refractivity contribution in [3.63, 3.8) is 0 Å². The second-order valence-corrected chi connectivity index (χ2v) is 5.91. The lowest BCUT2D eigenvalue weighted by atomic mass is 10.1. The number of nitrogens with zero attached hydrogens (tertiary/aromatic N) is 1. The minimum absolute atomic E-state index is 0. The van der Waals surface area contributed by atoms with Crippen LogP contribution in [0, 0.1) is 0 Å². The van der Waals surface area contributed by atoms with Crippen molar-refractivity contribution in [2.45, 2.75) is 51.0 Å². The minimum atomic E-state index is 0. The maximum Gasteiger partial charge on any atom is 0.188 e. The molecule has 1 aliphatic carbocycles. The van der Waals surface area contributed by atoms with Gasteiger partial charge in [-0.3, -0.25) is 4.99 Å². The Hall–Kier alpha value is -0.820. The van der Waals surface area contributed by atoms with E-state index in [4.69, 9.17) is 10.5 Å². The summed E-state index contributed by atoms with van der Waals surface area (Å²) in [5.74, 6) is 0.514. The topological polar surface area (TPSA) is 59.6 Å². The summed E-state index contributed by atoms with van der Waals surface area (Å²) in [5, 5.41) is 3.15. The van der Waals surface area contributed by atoms with Gasteiger partial charge >= 0.3 is 0 Å².